The second-order valence-corrected chi connectivity index (χ2v) is 2.95. The summed E-state index contributed by atoms with van der Waals surface area (Å²) >= 11 is 0. The first-order valence-electron chi connectivity index (χ1n) is 4.18. The van der Waals surface area contributed by atoms with E-state index >= 15 is 0 Å². The van der Waals surface area contributed by atoms with Gasteiger partial charge in [-0.15, -0.1) is 0 Å². The lowest BCUT2D eigenvalue weighted by Crippen LogP contribution is -2.21. The number of aliphatic imine (C=N–C) groups is 1. The van der Waals surface area contributed by atoms with Crippen molar-refractivity contribution in [3.63, 3.8) is 0 Å². The Hall–Kier alpha value is -2.66. The van der Waals surface area contributed by atoms with Gasteiger partial charge in [0.25, 0.3) is 5.78 Å². The van der Waals surface area contributed by atoms with Crippen molar-refractivity contribution < 1.29 is 19.5 Å². The van der Waals surface area contributed by atoms with Crippen molar-refractivity contribution in [3.8, 4) is 0 Å². The van der Waals surface area contributed by atoms with Crippen LogP contribution in [0.1, 0.15) is 20.8 Å². The maximum atomic E-state index is 11.6. The molecule has 0 aliphatic carbocycles. The fraction of sp³-hybridized carbons (Fsp3) is 0. The Labute approximate surface area is 88.7 Å². The lowest BCUT2D eigenvalue weighted by molar-refractivity contribution is -0.00236. The fourth-order valence-corrected chi connectivity index (χ4v) is 1.23. The van der Waals surface area contributed by atoms with E-state index in [1.54, 1.807) is 0 Å². The molecule has 78 valence electrons. The largest absolute Gasteiger partial charge is 0.477 e. The van der Waals surface area contributed by atoms with Gasteiger partial charge in [0.05, 0.1) is 5.56 Å². The van der Waals surface area contributed by atoms with Crippen LogP contribution >= 0.6 is 0 Å². The molecule has 0 saturated carbocycles. The van der Waals surface area contributed by atoms with E-state index in [1.807, 2.05) is 0 Å². The van der Waals surface area contributed by atoms with Gasteiger partial charge >= 0.3 is 11.7 Å². The minimum absolute atomic E-state index is 0.0114. The first kappa shape index (κ1) is 9.88. The molecule has 0 aromatic carbocycles. The topological polar surface area (TPSA) is 116 Å². The van der Waals surface area contributed by atoms with Gasteiger partial charge in [0.2, 0.25) is 0 Å². The standard InChI is InChI=1S/C9H4N4O3/c10-13-6-3-11-8-4(7(6)14)1-2-5(12-8)9(15)16/h1-3H,(H,15,16). The SMILES string of the molecule is [N-]=[N+]=C1C=Nc2nc(C(=O)O)ccc2C1=O. The number of Topliss-reactive ketones (excluding diaryl/α,β-unsaturated/α-hetero) is 1. The molecule has 0 bridgehead atoms. The quantitative estimate of drug-likeness (QED) is 0.538. The molecule has 2 heterocycles. The molecule has 0 radical (unpaired) electrons. The average molecular weight is 216 g/mol. The highest BCUT2D eigenvalue weighted by molar-refractivity contribution is 6.64. The third-order valence-electron chi connectivity index (χ3n) is 1.99. The molecule has 16 heavy (non-hydrogen) atoms. The van der Waals surface area contributed by atoms with E-state index in [0.29, 0.717) is 0 Å². The Balaban J connectivity index is 2.61. The number of hydrogen-bond donors (Lipinski definition) is 1. The molecule has 0 atom stereocenters. The van der Waals surface area contributed by atoms with Crippen LogP contribution in [0.25, 0.3) is 5.53 Å². The number of nitrogens with zero attached hydrogens (tertiary/aromatic N) is 4. The monoisotopic (exact) mass is 216 g/mol. The summed E-state index contributed by atoms with van der Waals surface area (Å²) < 4.78 is 0. The first-order valence-corrected chi connectivity index (χ1v) is 4.18. The Kier molecular flexibility index (Phi) is 2.15. The molecule has 2 rings (SSSR count). The molecule has 0 saturated heterocycles. The number of rotatable bonds is 1. The highest BCUT2D eigenvalue weighted by Crippen LogP contribution is 2.20. The van der Waals surface area contributed by atoms with Crippen LogP contribution in [0.15, 0.2) is 17.1 Å². The predicted molar refractivity (Wildman–Crippen MR) is 52.3 cm³/mol. The van der Waals surface area contributed by atoms with Gasteiger partial charge in [0, 0.05) is 0 Å². The number of aromatic carboxylic acids is 1. The van der Waals surface area contributed by atoms with E-state index in [4.69, 9.17) is 10.6 Å². The predicted octanol–water partition coefficient (Wildman–Crippen LogP) is 0.349. The van der Waals surface area contributed by atoms with Gasteiger partial charge in [-0.2, -0.15) is 4.79 Å². The van der Waals surface area contributed by atoms with Crippen LogP contribution in [0.4, 0.5) is 5.82 Å². The van der Waals surface area contributed by atoms with Crippen molar-refractivity contribution in [3.05, 3.63) is 28.9 Å². The van der Waals surface area contributed by atoms with Crippen LogP contribution in [0.3, 0.4) is 0 Å². The number of fused-ring (bicyclic) bond motifs is 1. The molecular formula is C9H4N4O3. The van der Waals surface area contributed by atoms with Gasteiger partial charge in [-0.1, -0.05) is 0 Å². The number of hydrogen-bond acceptors (Lipinski definition) is 4. The van der Waals surface area contributed by atoms with Gasteiger partial charge in [0.1, 0.15) is 6.21 Å². The van der Waals surface area contributed by atoms with E-state index < -0.39 is 11.8 Å². The summed E-state index contributed by atoms with van der Waals surface area (Å²) in [5, 5.41) is 8.69. The average Bonchev–Trinajstić information content (AvgIpc) is 2.29. The van der Waals surface area contributed by atoms with Crippen LogP contribution in [0, 0.1) is 0 Å². The Morgan fingerprint density at radius 1 is 1.44 bits per heavy atom. The van der Waals surface area contributed by atoms with E-state index in [-0.39, 0.29) is 22.8 Å². The van der Waals surface area contributed by atoms with Crippen molar-refractivity contribution >= 4 is 29.5 Å². The van der Waals surface area contributed by atoms with Crippen molar-refractivity contribution in [2.75, 3.05) is 0 Å². The van der Waals surface area contributed by atoms with E-state index in [0.717, 1.165) is 6.21 Å². The Bertz CT molecular complexity index is 584. The molecule has 0 amide bonds. The molecule has 1 aromatic heterocycles. The zero-order valence-corrected chi connectivity index (χ0v) is 7.78. The second-order valence-electron chi connectivity index (χ2n) is 2.95. The smallest absolute Gasteiger partial charge is 0.380 e. The molecule has 1 aromatic rings. The second kappa shape index (κ2) is 3.48. The summed E-state index contributed by atoms with van der Waals surface area (Å²) in [6.45, 7) is 0. The fourth-order valence-electron chi connectivity index (χ4n) is 1.23. The zero-order chi connectivity index (χ0) is 11.7. The summed E-state index contributed by atoms with van der Waals surface area (Å²) in [6, 6.07) is 2.48. The lowest BCUT2D eigenvalue weighted by Gasteiger charge is -2.04. The minimum atomic E-state index is -1.20. The summed E-state index contributed by atoms with van der Waals surface area (Å²) in [5.41, 5.74) is 8.19. The normalized spacial score (nSPS) is 13.2. The molecule has 7 nitrogen and oxygen atoms in total. The van der Waals surface area contributed by atoms with Crippen LogP contribution in [0.2, 0.25) is 0 Å². The highest BCUT2D eigenvalue weighted by atomic mass is 16.4. The summed E-state index contributed by atoms with van der Waals surface area (Å²) in [4.78, 5) is 32.3. The van der Waals surface area contributed by atoms with E-state index in [9.17, 15) is 9.59 Å². The van der Waals surface area contributed by atoms with Gasteiger partial charge < -0.3 is 10.6 Å². The van der Waals surface area contributed by atoms with Crippen LogP contribution < -0.4 is 0 Å². The molecule has 1 N–H and O–H groups in total. The highest BCUT2D eigenvalue weighted by Gasteiger charge is 2.28. The first-order chi connectivity index (χ1) is 7.63. The van der Waals surface area contributed by atoms with Crippen LogP contribution in [-0.4, -0.2) is 38.6 Å². The maximum Gasteiger partial charge on any atom is 0.380 e. The number of carbonyl (C=O) groups is 2. The third kappa shape index (κ3) is 1.41. The molecular weight excluding hydrogens is 212 g/mol. The molecule has 0 spiro atoms. The lowest BCUT2D eigenvalue weighted by atomic mass is 10.1. The number of carboxylic acid groups (broad SMARTS) is 1. The van der Waals surface area contributed by atoms with Gasteiger partial charge in [-0.25, -0.2) is 14.8 Å². The molecule has 0 unspecified atom stereocenters. The summed E-state index contributed by atoms with van der Waals surface area (Å²) in [6.07, 6.45) is 1.03. The Morgan fingerprint density at radius 2 is 2.19 bits per heavy atom. The number of aromatic nitrogens is 1. The molecule has 1 aliphatic heterocycles. The summed E-state index contributed by atoms with van der Waals surface area (Å²) in [7, 11) is 0. The zero-order valence-electron chi connectivity index (χ0n) is 7.78. The number of carbonyl (C=O) groups excluding carboxylic acids is 1. The van der Waals surface area contributed by atoms with E-state index in [2.05, 4.69) is 14.8 Å². The van der Waals surface area contributed by atoms with Gasteiger partial charge in [0.15, 0.2) is 11.5 Å². The minimum Gasteiger partial charge on any atom is -0.477 e. The number of carboxylic acids is 1. The maximum absolute atomic E-state index is 11.6. The van der Waals surface area contributed by atoms with E-state index in [1.165, 1.54) is 12.1 Å². The molecule has 0 fully saturated rings. The van der Waals surface area contributed by atoms with Crippen molar-refractivity contribution in [1.29, 1.82) is 0 Å². The molecule has 1 aliphatic rings. The number of ketones is 1. The van der Waals surface area contributed by atoms with Gasteiger partial charge in [-0.05, 0) is 12.1 Å². The third-order valence-corrected chi connectivity index (χ3v) is 1.99. The number of pyridine rings is 1. The van der Waals surface area contributed by atoms with Crippen LogP contribution in [-0.2, 0) is 0 Å². The van der Waals surface area contributed by atoms with Crippen molar-refractivity contribution in [1.82, 2.24) is 4.98 Å². The van der Waals surface area contributed by atoms with Crippen molar-refractivity contribution in [2.45, 2.75) is 0 Å². The Morgan fingerprint density at radius 3 is 2.81 bits per heavy atom. The molecule has 7 heteroatoms. The van der Waals surface area contributed by atoms with Gasteiger partial charge in [-0.3, -0.25) is 4.79 Å². The summed E-state index contributed by atoms with van der Waals surface area (Å²) in [5.74, 6) is -1.73. The van der Waals surface area contributed by atoms with Crippen molar-refractivity contribution in [2.24, 2.45) is 4.99 Å². The van der Waals surface area contributed by atoms with Crippen LogP contribution in [0.5, 0.6) is 0 Å².